The van der Waals surface area contributed by atoms with Crippen molar-refractivity contribution >= 4 is 21.6 Å². The van der Waals surface area contributed by atoms with Crippen LogP contribution in [-0.4, -0.2) is 9.97 Å². The van der Waals surface area contributed by atoms with Crippen molar-refractivity contribution in [2.24, 2.45) is 0 Å². The van der Waals surface area contributed by atoms with Crippen molar-refractivity contribution in [1.82, 2.24) is 9.97 Å². The molecule has 0 bridgehead atoms. The largest absolute Gasteiger partial charge is 0.334 e. The molecule has 1 aromatic carbocycles. The van der Waals surface area contributed by atoms with E-state index in [2.05, 4.69) is 34.3 Å². The topological polar surface area (TPSA) is 62.4 Å². The predicted octanol–water partition coefficient (Wildman–Crippen LogP) is 2.43. The van der Waals surface area contributed by atoms with Gasteiger partial charge in [0.1, 0.15) is 17.4 Å². The lowest BCUT2D eigenvalue weighted by atomic mass is 10.2. The number of nitrogens with one attached hydrogen (secondary N) is 1. The fourth-order valence-electron chi connectivity index (χ4n) is 2.53. The van der Waals surface area contributed by atoms with Crippen molar-refractivity contribution < 1.29 is 5.32 Å². The summed E-state index contributed by atoms with van der Waals surface area (Å²) in [7, 11) is 0. The van der Waals surface area contributed by atoms with E-state index in [-0.39, 0.29) is 11.6 Å². The minimum absolute atomic E-state index is 0.0261. The van der Waals surface area contributed by atoms with Gasteiger partial charge in [-0.05, 0) is 26.3 Å². The molecule has 4 nitrogen and oxygen atoms in total. The quantitative estimate of drug-likeness (QED) is 0.777. The number of aryl methyl sites for hydroxylation is 2. The van der Waals surface area contributed by atoms with Crippen LogP contribution in [0.3, 0.4) is 0 Å². The van der Waals surface area contributed by atoms with Gasteiger partial charge >= 0.3 is 0 Å². The third-order valence-electron chi connectivity index (χ3n) is 4.04. The molecule has 0 unspecified atom stereocenters. The van der Waals surface area contributed by atoms with Crippen LogP contribution in [0.1, 0.15) is 34.8 Å². The Kier molecular flexibility index (Phi) is 4.09. The number of H-pyrrole nitrogens is 1. The lowest BCUT2D eigenvalue weighted by Crippen LogP contribution is -2.83. The summed E-state index contributed by atoms with van der Waals surface area (Å²) in [6.45, 7) is 6.95. The molecule has 3 rings (SSSR count). The predicted molar refractivity (Wildman–Crippen MR) is 90.2 cm³/mol. The van der Waals surface area contributed by atoms with Crippen molar-refractivity contribution in [3.63, 3.8) is 0 Å². The molecule has 0 aliphatic heterocycles. The number of thiophene rings is 1. The number of hydrogen-bond donors (Lipinski definition) is 2. The van der Waals surface area contributed by atoms with Gasteiger partial charge in [0, 0.05) is 10.4 Å². The highest BCUT2D eigenvalue weighted by molar-refractivity contribution is 7.18. The van der Waals surface area contributed by atoms with Crippen molar-refractivity contribution in [1.29, 1.82) is 0 Å². The Balaban J connectivity index is 1.85. The average molecular weight is 314 g/mol. The van der Waals surface area contributed by atoms with Gasteiger partial charge in [-0.2, -0.15) is 0 Å². The van der Waals surface area contributed by atoms with Crippen LogP contribution in [0.2, 0.25) is 0 Å². The maximum absolute atomic E-state index is 12.3. The molecule has 0 aliphatic carbocycles. The van der Waals surface area contributed by atoms with Crippen LogP contribution in [-0.2, 0) is 6.54 Å². The Bertz CT molecular complexity index is 851. The monoisotopic (exact) mass is 314 g/mol. The maximum atomic E-state index is 12.3. The summed E-state index contributed by atoms with van der Waals surface area (Å²) in [6, 6.07) is 10.4. The molecular formula is C17H20N3OS+. The van der Waals surface area contributed by atoms with Crippen LogP contribution < -0.4 is 10.9 Å². The number of hydrogen-bond acceptors (Lipinski definition) is 3. The Morgan fingerprint density at radius 2 is 2.00 bits per heavy atom. The molecule has 0 spiro atoms. The first-order chi connectivity index (χ1) is 10.6. The molecule has 5 heteroatoms. The molecule has 0 radical (unpaired) electrons. The number of aromatic nitrogens is 2. The van der Waals surface area contributed by atoms with Gasteiger partial charge in [-0.3, -0.25) is 4.79 Å². The highest BCUT2D eigenvalue weighted by atomic mass is 32.1. The van der Waals surface area contributed by atoms with E-state index in [1.807, 2.05) is 32.0 Å². The first-order valence-corrected chi connectivity index (χ1v) is 8.25. The van der Waals surface area contributed by atoms with Crippen LogP contribution in [0.4, 0.5) is 0 Å². The van der Waals surface area contributed by atoms with Crippen LogP contribution >= 0.6 is 11.3 Å². The zero-order chi connectivity index (χ0) is 15.7. The molecule has 2 aromatic heterocycles. The Labute approximate surface area is 133 Å². The number of nitrogens with two attached hydrogens (primary N) is 1. The second-order valence-electron chi connectivity index (χ2n) is 5.63. The summed E-state index contributed by atoms with van der Waals surface area (Å²) in [5.41, 5.74) is 2.28. The second-order valence-corrected chi connectivity index (χ2v) is 6.83. The first kappa shape index (κ1) is 14.9. The van der Waals surface area contributed by atoms with Gasteiger partial charge in [0.15, 0.2) is 5.82 Å². The minimum Gasteiger partial charge on any atom is -0.334 e. The molecule has 3 N–H and O–H groups in total. The summed E-state index contributed by atoms with van der Waals surface area (Å²) < 4.78 is 0. The molecule has 0 saturated heterocycles. The molecule has 22 heavy (non-hydrogen) atoms. The summed E-state index contributed by atoms with van der Waals surface area (Å²) in [4.78, 5) is 21.9. The molecule has 0 fully saturated rings. The van der Waals surface area contributed by atoms with Gasteiger partial charge < -0.3 is 10.3 Å². The molecule has 3 aromatic rings. The van der Waals surface area contributed by atoms with E-state index in [1.54, 1.807) is 11.3 Å². The highest BCUT2D eigenvalue weighted by Crippen LogP contribution is 2.26. The number of nitrogens with zero attached hydrogens (tertiary/aromatic N) is 1. The number of quaternary nitrogens is 1. The van der Waals surface area contributed by atoms with E-state index in [0.29, 0.717) is 0 Å². The van der Waals surface area contributed by atoms with E-state index in [9.17, 15) is 4.79 Å². The third kappa shape index (κ3) is 2.82. The SMILES string of the molecule is Cc1sc2nc([C@H](C)[NH2+]Cc3ccccc3)[nH]c(=O)c2c1C. The number of benzene rings is 1. The Morgan fingerprint density at radius 3 is 2.73 bits per heavy atom. The van der Waals surface area contributed by atoms with Gasteiger partial charge in [0.05, 0.1) is 5.39 Å². The highest BCUT2D eigenvalue weighted by Gasteiger charge is 2.16. The standard InChI is InChI=1S/C17H19N3OS/c1-10-12(3)22-17-14(10)16(21)19-15(20-17)11(2)18-9-13-7-5-4-6-8-13/h4-8,11,18H,9H2,1-3H3,(H,19,20,21)/p+1/t11-/m0/s1. The van der Waals surface area contributed by atoms with Crippen molar-refractivity contribution in [2.75, 3.05) is 0 Å². The zero-order valence-corrected chi connectivity index (χ0v) is 13.8. The second kappa shape index (κ2) is 6.02. The molecule has 0 saturated carbocycles. The van der Waals surface area contributed by atoms with Crippen LogP contribution in [0.15, 0.2) is 35.1 Å². The normalized spacial score (nSPS) is 12.7. The van der Waals surface area contributed by atoms with Gasteiger partial charge in [0.25, 0.3) is 5.56 Å². The third-order valence-corrected chi connectivity index (χ3v) is 5.14. The summed E-state index contributed by atoms with van der Waals surface area (Å²) in [6.07, 6.45) is 0. The number of rotatable bonds is 4. The van der Waals surface area contributed by atoms with E-state index < -0.39 is 0 Å². The first-order valence-electron chi connectivity index (χ1n) is 7.43. The number of fused-ring (bicyclic) bond motifs is 1. The van der Waals surface area contributed by atoms with Crippen molar-refractivity contribution in [2.45, 2.75) is 33.4 Å². The lowest BCUT2D eigenvalue weighted by molar-refractivity contribution is -0.709. The van der Waals surface area contributed by atoms with E-state index >= 15 is 0 Å². The van der Waals surface area contributed by atoms with Crippen LogP contribution in [0, 0.1) is 13.8 Å². The van der Waals surface area contributed by atoms with E-state index in [1.165, 1.54) is 5.56 Å². The van der Waals surface area contributed by atoms with Gasteiger partial charge in [-0.1, -0.05) is 30.3 Å². The fraction of sp³-hybridized carbons (Fsp3) is 0.294. The molecule has 2 heterocycles. The number of aromatic amines is 1. The fourth-order valence-corrected chi connectivity index (χ4v) is 3.56. The van der Waals surface area contributed by atoms with E-state index in [0.717, 1.165) is 33.0 Å². The average Bonchev–Trinajstić information content (AvgIpc) is 2.81. The maximum Gasteiger partial charge on any atom is 0.260 e. The van der Waals surface area contributed by atoms with Crippen molar-refractivity contribution in [3.8, 4) is 0 Å². The molecule has 1 atom stereocenters. The van der Waals surface area contributed by atoms with Crippen LogP contribution in [0.25, 0.3) is 10.2 Å². The molecule has 0 amide bonds. The molecule has 114 valence electrons. The smallest absolute Gasteiger partial charge is 0.260 e. The van der Waals surface area contributed by atoms with Gasteiger partial charge in [-0.25, -0.2) is 4.98 Å². The molecule has 0 aliphatic rings. The zero-order valence-electron chi connectivity index (χ0n) is 13.0. The summed E-state index contributed by atoms with van der Waals surface area (Å²) >= 11 is 1.59. The molecular weight excluding hydrogens is 294 g/mol. The van der Waals surface area contributed by atoms with Gasteiger partial charge in [0.2, 0.25) is 0 Å². The van der Waals surface area contributed by atoms with Crippen LogP contribution in [0.5, 0.6) is 0 Å². The summed E-state index contributed by atoms with van der Waals surface area (Å²) in [5, 5.41) is 2.92. The minimum atomic E-state index is -0.0261. The summed E-state index contributed by atoms with van der Waals surface area (Å²) in [5.74, 6) is 0.745. The Hall–Kier alpha value is -1.98. The lowest BCUT2D eigenvalue weighted by Gasteiger charge is -2.10. The van der Waals surface area contributed by atoms with Gasteiger partial charge in [-0.15, -0.1) is 11.3 Å². The van der Waals surface area contributed by atoms with Crippen molar-refractivity contribution in [3.05, 3.63) is 62.5 Å². The Morgan fingerprint density at radius 1 is 1.27 bits per heavy atom. The van der Waals surface area contributed by atoms with E-state index in [4.69, 9.17) is 0 Å².